The minimum absolute atomic E-state index is 0.0565. The molecular formula is C17H21N3O. The minimum Gasteiger partial charge on any atom is -0.335 e. The summed E-state index contributed by atoms with van der Waals surface area (Å²) in [5, 5.41) is 0.545. The van der Waals surface area contributed by atoms with E-state index in [9.17, 15) is 4.79 Å². The summed E-state index contributed by atoms with van der Waals surface area (Å²) in [6, 6.07) is 7.28. The number of nitrogen functional groups attached to an aromatic ring is 1. The quantitative estimate of drug-likeness (QED) is 0.677. The normalized spacial score (nSPS) is 12.9. The molecular weight excluding hydrogens is 262 g/mol. The standard InChI is InChI=1S/C17H21N3O/c1-4-5-8-13(11-12(2)3)16-19-15-10-7-6-9-14(15)17(21)20(16)18/h4-7,9-10,13H,2,8,11,18H2,1,3H3/b5-4+/t13-/m0/s1. The molecule has 0 spiro atoms. The zero-order valence-corrected chi connectivity index (χ0v) is 12.5. The van der Waals surface area contributed by atoms with E-state index in [1.165, 1.54) is 4.68 Å². The molecule has 0 radical (unpaired) electrons. The van der Waals surface area contributed by atoms with Crippen LogP contribution in [0, 0.1) is 0 Å². The number of para-hydroxylation sites is 1. The largest absolute Gasteiger partial charge is 0.335 e. The molecule has 2 rings (SSSR count). The van der Waals surface area contributed by atoms with Gasteiger partial charge < -0.3 is 5.84 Å². The third-order valence-corrected chi connectivity index (χ3v) is 3.45. The van der Waals surface area contributed by atoms with Gasteiger partial charge in [0.2, 0.25) is 0 Å². The first-order chi connectivity index (χ1) is 10.0. The summed E-state index contributed by atoms with van der Waals surface area (Å²) in [4.78, 5) is 17.0. The van der Waals surface area contributed by atoms with Gasteiger partial charge in [-0.15, -0.1) is 6.58 Å². The van der Waals surface area contributed by atoms with Crippen molar-refractivity contribution < 1.29 is 0 Å². The molecule has 110 valence electrons. The van der Waals surface area contributed by atoms with Crippen molar-refractivity contribution in [2.24, 2.45) is 0 Å². The fraction of sp³-hybridized carbons (Fsp3) is 0.294. The number of aromatic nitrogens is 2. The Bertz CT molecular complexity index is 743. The average Bonchev–Trinajstić information content (AvgIpc) is 2.47. The van der Waals surface area contributed by atoms with Crippen molar-refractivity contribution in [2.45, 2.75) is 32.6 Å². The van der Waals surface area contributed by atoms with E-state index in [1.807, 2.05) is 38.1 Å². The molecule has 1 atom stereocenters. The number of fused-ring (bicyclic) bond motifs is 1. The number of benzene rings is 1. The van der Waals surface area contributed by atoms with Crippen LogP contribution in [-0.2, 0) is 0 Å². The third-order valence-electron chi connectivity index (χ3n) is 3.45. The van der Waals surface area contributed by atoms with Gasteiger partial charge in [-0.3, -0.25) is 4.79 Å². The SMILES string of the molecule is C=C(C)C[C@H](C/C=C/C)c1nc2ccccc2c(=O)n1N. The van der Waals surface area contributed by atoms with Gasteiger partial charge in [0.15, 0.2) is 0 Å². The van der Waals surface area contributed by atoms with Crippen molar-refractivity contribution in [2.75, 3.05) is 5.84 Å². The maximum absolute atomic E-state index is 12.4. The molecule has 1 heterocycles. The lowest BCUT2D eigenvalue weighted by Gasteiger charge is -2.18. The molecule has 0 aliphatic heterocycles. The molecule has 2 aromatic rings. The van der Waals surface area contributed by atoms with Gasteiger partial charge in [-0.2, -0.15) is 0 Å². The average molecular weight is 283 g/mol. The lowest BCUT2D eigenvalue weighted by Crippen LogP contribution is -2.33. The van der Waals surface area contributed by atoms with E-state index in [2.05, 4.69) is 17.6 Å². The van der Waals surface area contributed by atoms with Crippen molar-refractivity contribution in [3.8, 4) is 0 Å². The van der Waals surface area contributed by atoms with Crippen LogP contribution < -0.4 is 11.4 Å². The third kappa shape index (κ3) is 3.21. The van der Waals surface area contributed by atoms with Crippen molar-refractivity contribution in [3.05, 3.63) is 64.7 Å². The maximum atomic E-state index is 12.4. The summed E-state index contributed by atoms with van der Waals surface area (Å²) in [6.07, 6.45) is 5.60. The molecule has 0 unspecified atom stereocenters. The fourth-order valence-electron chi connectivity index (χ4n) is 2.45. The van der Waals surface area contributed by atoms with Crippen molar-refractivity contribution >= 4 is 10.9 Å². The van der Waals surface area contributed by atoms with E-state index >= 15 is 0 Å². The Morgan fingerprint density at radius 3 is 2.86 bits per heavy atom. The van der Waals surface area contributed by atoms with Crippen LogP contribution in [0.4, 0.5) is 0 Å². The monoisotopic (exact) mass is 283 g/mol. The smallest absolute Gasteiger partial charge is 0.279 e. The van der Waals surface area contributed by atoms with Crippen LogP contribution in [0.15, 0.2) is 53.4 Å². The summed E-state index contributed by atoms with van der Waals surface area (Å²) in [5.74, 6) is 6.65. The number of hydrogen-bond acceptors (Lipinski definition) is 3. The predicted molar refractivity (Wildman–Crippen MR) is 87.8 cm³/mol. The highest BCUT2D eigenvalue weighted by Gasteiger charge is 2.18. The zero-order valence-electron chi connectivity index (χ0n) is 12.5. The Labute approximate surface area is 124 Å². The van der Waals surface area contributed by atoms with Crippen LogP contribution in [0.2, 0.25) is 0 Å². The van der Waals surface area contributed by atoms with Crippen molar-refractivity contribution in [3.63, 3.8) is 0 Å². The van der Waals surface area contributed by atoms with Crippen LogP contribution in [0.25, 0.3) is 10.9 Å². The molecule has 0 aliphatic rings. The summed E-state index contributed by atoms with van der Waals surface area (Å²) in [7, 11) is 0. The first-order valence-corrected chi connectivity index (χ1v) is 7.07. The van der Waals surface area contributed by atoms with Crippen LogP contribution in [-0.4, -0.2) is 9.66 Å². The Kier molecular flexibility index (Phi) is 4.58. The molecule has 0 aliphatic carbocycles. The van der Waals surface area contributed by atoms with Crippen molar-refractivity contribution in [1.29, 1.82) is 0 Å². The van der Waals surface area contributed by atoms with Gasteiger partial charge in [-0.05, 0) is 38.8 Å². The number of rotatable bonds is 5. The van der Waals surface area contributed by atoms with Gasteiger partial charge in [0, 0.05) is 5.92 Å². The molecule has 0 saturated carbocycles. The number of allylic oxidation sites excluding steroid dienone is 3. The lowest BCUT2D eigenvalue weighted by atomic mass is 9.96. The van der Waals surface area contributed by atoms with Gasteiger partial charge in [-0.25, -0.2) is 9.66 Å². The van der Waals surface area contributed by atoms with E-state index in [4.69, 9.17) is 5.84 Å². The second-order valence-electron chi connectivity index (χ2n) is 5.33. The highest BCUT2D eigenvalue weighted by Crippen LogP contribution is 2.25. The molecule has 1 aromatic heterocycles. The minimum atomic E-state index is -0.206. The first-order valence-electron chi connectivity index (χ1n) is 7.07. The Morgan fingerprint density at radius 1 is 1.48 bits per heavy atom. The molecule has 4 heteroatoms. The summed E-state index contributed by atoms with van der Waals surface area (Å²) < 4.78 is 1.18. The molecule has 4 nitrogen and oxygen atoms in total. The van der Waals surface area contributed by atoms with Gasteiger partial charge in [-0.1, -0.05) is 29.9 Å². The highest BCUT2D eigenvalue weighted by atomic mass is 16.1. The lowest BCUT2D eigenvalue weighted by molar-refractivity contribution is 0.608. The van der Waals surface area contributed by atoms with Crippen LogP contribution >= 0.6 is 0 Å². The Hall–Kier alpha value is -2.36. The number of nitrogens with two attached hydrogens (primary N) is 1. The molecule has 1 aromatic carbocycles. The molecule has 2 N–H and O–H groups in total. The zero-order chi connectivity index (χ0) is 15.4. The van der Waals surface area contributed by atoms with Crippen molar-refractivity contribution in [1.82, 2.24) is 9.66 Å². The fourth-order valence-corrected chi connectivity index (χ4v) is 2.45. The maximum Gasteiger partial charge on any atom is 0.279 e. The summed E-state index contributed by atoms with van der Waals surface area (Å²) in [6.45, 7) is 7.91. The molecule has 0 saturated heterocycles. The van der Waals surface area contributed by atoms with Gasteiger partial charge in [0.1, 0.15) is 5.82 Å². The first kappa shape index (κ1) is 15.0. The second-order valence-corrected chi connectivity index (χ2v) is 5.33. The van der Waals surface area contributed by atoms with Crippen LogP contribution in [0.1, 0.15) is 38.4 Å². The van der Waals surface area contributed by atoms with E-state index in [1.54, 1.807) is 6.07 Å². The molecule has 21 heavy (non-hydrogen) atoms. The van der Waals surface area contributed by atoms with E-state index in [0.717, 1.165) is 18.4 Å². The predicted octanol–water partition coefficient (Wildman–Crippen LogP) is 3.13. The van der Waals surface area contributed by atoms with Gasteiger partial charge in [0.05, 0.1) is 10.9 Å². The second kappa shape index (κ2) is 6.39. The summed E-state index contributed by atoms with van der Waals surface area (Å²) >= 11 is 0. The van der Waals surface area contributed by atoms with E-state index < -0.39 is 0 Å². The Balaban J connectivity index is 2.58. The summed E-state index contributed by atoms with van der Waals surface area (Å²) in [5.41, 5.74) is 1.53. The van der Waals surface area contributed by atoms with Crippen LogP contribution in [0.5, 0.6) is 0 Å². The van der Waals surface area contributed by atoms with Crippen LogP contribution in [0.3, 0.4) is 0 Å². The highest BCUT2D eigenvalue weighted by molar-refractivity contribution is 5.77. The van der Waals surface area contributed by atoms with Gasteiger partial charge in [0.25, 0.3) is 5.56 Å². The Morgan fingerprint density at radius 2 is 2.19 bits per heavy atom. The topological polar surface area (TPSA) is 60.9 Å². The van der Waals surface area contributed by atoms with E-state index in [-0.39, 0.29) is 11.5 Å². The molecule has 0 fully saturated rings. The molecule has 0 bridgehead atoms. The van der Waals surface area contributed by atoms with E-state index in [0.29, 0.717) is 16.7 Å². The number of hydrogen-bond donors (Lipinski definition) is 1. The number of nitrogens with zero attached hydrogens (tertiary/aromatic N) is 2. The van der Waals surface area contributed by atoms with Gasteiger partial charge >= 0.3 is 0 Å². The molecule has 0 amide bonds.